The van der Waals surface area contributed by atoms with E-state index >= 15 is 0 Å². The monoisotopic (exact) mass is 265 g/mol. The maximum Gasteiger partial charge on any atom is 0.251 e. The van der Waals surface area contributed by atoms with E-state index in [2.05, 4.69) is 22.5 Å². The quantitative estimate of drug-likeness (QED) is 0.791. The van der Waals surface area contributed by atoms with Gasteiger partial charge in [0.25, 0.3) is 5.91 Å². The zero-order valence-corrected chi connectivity index (χ0v) is 12.1. The molecule has 1 heterocycles. The molecule has 0 aliphatic carbocycles. The first-order chi connectivity index (χ1) is 9.10. The summed E-state index contributed by atoms with van der Waals surface area (Å²) in [6, 6.07) is 3.58. The first kappa shape index (κ1) is 15.4. The lowest BCUT2D eigenvalue weighted by Gasteiger charge is -2.17. The van der Waals surface area contributed by atoms with E-state index in [4.69, 9.17) is 4.74 Å². The minimum Gasteiger partial charge on any atom is -0.383 e. The van der Waals surface area contributed by atoms with Gasteiger partial charge in [0.15, 0.2) is 0 Å². The number of anilines is 1. The molecule has 1 unspecified atom stereocenters. The van der Waals surface area contributed by atoms with Crippen LogP contribution in [0.15, 0.2) is 12.1 Å². The van der Waals surface area contributed by atoms with Gasteiger partial charge >= 0.3 is 0 Å². The van der Waals surface area contributed by atoms with Gasteiger partial charge in [0.2, 0.25) is 0 Å². The van der Waals surface area contributed by atoms with Crippen molar-refractivity contribution >= 4 is 11.7 Å². The van der Waals surface area contributed by atoms with E-state index in [1.807, 2.05) is 6.92 Å². The summed E-state index contributed by atoms with van der Waals surface area (Å²) < 4.78 is 5.12. The van der Waals surface area contributed by atoms with Gasteiger partial charge in [-0.3, -0.25) is 4.79 Å². The normalized spacial score (nSPS) is 12.0. The summed E-state index contributed by atoms with van der Waals surface area (Å²) in [5, 5.41) is 5.95. The molecule has 0 bridgehead atoms. The number of pyridine rings is 1. The van der Waals surface area contributed by atoms with Crippen molar-refractivity contribution in [2.24, 2.45) is 0 Å². The van der Waals surface area contributed by atoms with Crippen LogP contribution in [-0.2, 0) is 4.74 Å². The molecule has 0 aliphatic heterocycles. The number of nitrogens with one attached hydrogen (secondary N) is 2. The molecule has 1 amide bonds. The number of carbonyl (C=O) groups excluding carboxylic acids is 1. The lowest BCUT2D eigenvalue weighted by molar-refractivity contribution is 0.0891. The van der Waals surface area contributed by atoms with Crippen LogP contribution in [0.2, 0.25) is 0 Å². The molecule has 0 radical (unpaired) electrons. The molecule has 5 heteroatoms. The Morgan fingerprint density at radius 3 is 2.79 bits per heavy atom. The SMILES string of the molecule is CCCC(COC)NC(=O)c1cc(C)nc(NC)c1. The Balaban J connectivity index is 2.78. The van der Waals surface area contributed by atoms with Gasteiger partial charge in [-0.2, -0.15) is 0 Å². The predicted molar refractivity (Wildman–Crippen MR) is 76.6 cm³/mol. The number of aromatic nitrogens is 1. The number of nitrogens with zero attached hydrogens (tertiary/aromatic N) is 1. The molecule has 1 rings (SSSR count). The average molecular weight is 265 g/mol. The number of ether oxygens (including phenoxy) is 1. The van der Waals surface area contributed by atoms with Crippen LogP contribution >= 0.6 is 0 Å². The number of amides is 1. The van der Waals surface area contributed by atoms with Crippen LogP contribution in [0, 0.1) is 6.92 Å². The van der Waals surface area contributed by atoms with Crippen LogP contribution in [0.25, 0.3) is 0 Å². The third kappa shape index (κ3) is 4.87. The van der Waals surface area contributed by atoms with E-state index < -0.39 is 0 Å². The molecule has 1 aromatic rings. The number of hydrogen-bond acceptors (Lipinski definition) is 4. The lowest BCUT2D eigenvalue weighted by atomic mass is 10.1. The van der Waals surface area contributed by atoms with Crippen molar-refractivity contribution in [1.29, 1.82) is 0 Å². The third-order valence-electron chi connectivity index (χ3n) is 2.81. The Labute approximate surface area is 114 Å². The van der Waals surface area contributed by atoms with Crippen LogP contribution in [0.3, 0.4) is 0 Å². The summed E-state index contributed by atoms with van der Waals surface area (Å²) in [4.78, 5) is 16.5. The predicted octanol–water partition coefficient (Wildman–Crippen LogP) is 1.98. The molecule has 5 nitrogen and oxygen atoms in total. The Bertz CT molecular complexity index is 415. The molecule has 0 saturated heterocycles. The van der Waals surface area contributed by atoms with Gasteiger partial charge in [-0.1, -0.05) is 13.3 Å². The van der Waals surface area contributed by atoms with Gasteiger partial charge in [-0.25, -0.2) is 4.98 Å². The highest BCUT2D eigenvalue weighted by atomic mass is 16.5. The molecule has 1 aromatic heterocycles. The summed E-state index contributed by atoms with van der Waals surface area (Å²) in [6.45, 7) is 4.49. The molecule has 2 N–H and O–H groups in total. The van der Waals surface area contributed by atoms with Gasteiger partial charge in [-0.15, -0.1) is 0 Å². The second-order valence-corrected chi connectivity index (χ2v) is 4.55. The van der Waals surface area contributed by atoms with Crippen molar-refractivity contribution in [3.05, 3.63) is 23.4 Å². The van der Waals surface area contributed by atoms with Crippen molar-refractivity contribution in [2.45, 2.75) is 32.7 Å². The largest absolute Gasteiger partial charge is 0.383 e. The van der Waals surface area contributed by atoms with E-state index in [0.717, 1.165) is 18.5 Å². The highest BCUT2D eigenvalue weighted by Crippen LogP contribution is 2.10. The summed E-state index contributed by atoms with van der Waals surface area (Å²) in [7, 11) is 3.43. The number of hydrogen-bond donors (Lipinski definition) is 2. The Hall–Kier alpha value is -1.62. The number of rotatable bonds is 7. The summed E-state index contributed by atoms with van der Waals surface area (Å²) in [5.74, 6) is 0.612. The van der Waals surface area contributed by atoms with Crippen molar-refractivity contribution in [1.82, 2.24) is 10.3 Å². The molecular formula is C14H23N3O2. The van der Waals surface area contributed by atoms with Gasteiger partial charge in [0, 0.05) is 25.4 Å². The van der Waals surface area contributed by atoms with Crippen LogP contribution < -0.4 is 10.6 Å². The fraction of sp³-hybridized carbons (Fsp3) is 0.571. The zero-order valence-electron chi connectivity index (χ0n) is 12.1. The summed E-state index contributed by atoms with van der Waals surface area (Å²) in [6.07, 6.45) is 1.91. The zero-order chi connectivity index (χ0) is 14.3. The second kappa shape index (κ2) is 7.74. The molecule has 0 fully saturated rings. The minimum absolute atomic E-state index is 0.0500. The van der Waals surface area contributed by atoms with Crippen LogP contribution in [0.1, 0.15) is 35.8 Å². The van der Waals surface area contributed by atoms with E-state index in [-0.39, 0.29) is 11.9 Å². The van der Waals surface area contributed by atoms with E-state index in [9.17, 15) is 4.79 Å². The Morgan fingerprint density at radius 1 is 1.47 bits per heavy atom. The second-order valence-electron chi connectivity index (χ2n) is 4.55. The first-order valence-corrected chi connectivity index (χ1v) is 6.57. The molecule has 0 saturated carbocycles. The molecule has 0 aliphatic rings. The van der Waals surface area contributed by atoms with Crippen molar-refractivity contribution in [3.8, 4) is 0 Å². The summed E-state index contributed by atoms with van der Waals surface area (Å²) in [5.41, 5.74) is 1.44. The standard InChI is InChI=1S/C14H23N3O2/c1-5-6-12(9-19-4)17-14(18)11-7-10(2)16-13(8-11)15-3/h7-8,12H,5-6,9H2,1-4H3,(H,15,16)(H,17,18). The average Bonchev–Trinajstić information content (AvgIpc) is 2.38. The number of methoxy groups -OCH3 is 1. The van der Waals surface area contributed by atoms with Crippen LogP contribution in [0.4, 0.5) is 5.82 Å². The fourth-order valence-electron chi connectivity index (χ4n) is 1.94. The van der Waals surface area contributed by atoms with Crippen molar-refractivity contribution in [3.63, 3.8) is 0 Å². The molecule has 0 aromatic carbocycles. The number of carbonyl (C=O) groups is 1. The molecule has 1 atom stereocenters. The van der Waals surface area contributed by atoms with E-state index in [1.165, 1.54) is 0 Å². The van der Waals surface area contributed by atoms with E-state index in [0.29, 0.717) is 18.0 Å². The minimum atomic E-state index is -0.0856. The molecule has 106 valence electrons. The topological polar surface area (TPSA) is 63.2 Å². The third-order valence-corrected chi connectivity index (χ3v) is 2.81. The Kier molecular flexibility index (Phi) is 6.29. The van der Waals surface area contributed by atoms with Crippen LogP contribution in [-0.4, -0.2) is 37.7 Å². The van der Waals surface area contributed by atoms with E-state index in [1.54, 1.807) is 26.3 Å². The smallest absolute Gasteiger partial charge is 0.251 e. The fourth-order valence-corrected chi connectivity index (χ4v) is 1.94. The van der Waals surface area contributed by atoms with Gasteiger partial charge in [0.05, 0.1) is 12.6 Å². The Morgan fingerprint density at radius 2 is 2.21 bits per heavy atom. The van der Waals surface area contributed by atoms with Crippen LogP contribution in [0.5, 0.6) is 0 Å². The van der Waals surface area contributed by atoms with Crippen molar-refractivity contribution < 1.29 is 9.53 Å². The maximum atomic E-state index is 12.2. The maximum absolute atomic E-state index is 12.2. The molecule has 19 heavy (non-hydrogen) atoms. The molecule has 0 spiro atoms. The van der Waals surface area contributed by atoms with Gasteiger partial charge in [0.1, 0.15) is 5.82 Å². The lowest BCUT2D eigenvalue weighted by Crippen LogP contribution is -2.38. The van der Waals surface area contributed by atoms with Gasteiger partial charge in [-0.05, 0) is 25.5 Å². The van der Waals surface area contributed by atoms with Crippen molar-refractivity contribution in [2.75, 3.05) is 26.1 Å². The van der Waals surface area contributed by atoms with Gasteiger partial charge < -0.3 is 15.4 Å². The highest BCUT2D eigenvalue weighted by molar-refractivity contribution is 5.95. The summed E-state index contributed by atoms with van der Waals surface area (Å²) >= 11 is 0. The number of aryl methyl sites for hydroxylation is 1. The first-order valence-electron chi connectivity index (χ1n) is 6.57. The highest BCUT2D eigenvalue weighted by Gasteiger charge is 2.14. The molecular weight excluding hydrogens is 242 g/mol.